The first-order valence-corrected chi connectivity index (χ1v) is 9.98. The van der Waals surface area contributed by atoms with Gasteiger partial charge in [0.05, 0.1) is 11.7 Å². The minimum atomic E-state index is -0.566. The molecule has 2 aromatic carbocycles. The first-order valence-electron chi connectivity index (χ1n) is 9.98. The van der Waals surface area contributed by atoms with Gasteiger partial charge < -0.3 is 16.4 Å². The Morgan fingerprint density at radius 1 is 1.04 bits per heavy atom. The summed E-state index contributed by atoms with van der Waals surface area (Å²) in [4.78, 5) is 0. The molecule has 4 rings (SSSR count). The molecular formula is C22H26F3N3. The van der Waals surface area contributed by atoms with E-state index in [9.17, 15) is 13.2 Å². The van der Waals surface area contributed by atoms with E-state index in [2.05, 4.69) is 10.6 Å². The van der Waals surface area contributed by atoms with Crippen molar-refractivity contribution < 1.29 is 13.2 Å². The number of rotatable bonds is 7. The number of benzene rings is 2. The molecule has 2 unspecified atom stereocenters. The Morgan fingerprint density at radius 2 is 1.79 bits per heavy atom. The van der Waals surface area contributed by atoms with E-state index < -0.39 is 11.6 Å². The summed E-state index contributed by atoms with van der Waals surface area (Å²) in [7, 11) is 0. The third-order valence-electron chi connectivity index (χ3n) is 6.10. The highest BCUT2D eigenvalue weighted by Crippen LogP contribution is 2.55. The van der Waals surface area contributed by atoms with Gasteiger partial charge in [-0.2, -0.15) is 0 Å². The highest BCUT2D eigenvalue weighted by Gasteiger charge is 2.45. The summed E-state index contributed by atoms with van der Waals surface area (Å²) < 4.78 is 41.7. The molecule has 0 spiro atoms. The van der Waals surface area contributed by atoms with E-state index in [4.69, 9.17) is 5.73 Å². The topological polar surface area (TPSA) is 50.1 Å². The molecule has 0 radical (unpaired) electrons. The molecular weight excluding hydrogens is 363 g/mol. The highest BCUT2D eigenvalue weighted by atomic mass is 19.1. The average Bonchev–Trinajstić information content (AvgIpc) is 3.00. The normalized spacial score (nSPS) is 25.9. The third kappa shape index (κ3) is 3.76. The Kier molecular flexibility index (Phi) is 5.60. The Morgan fingerprint density at radius 3 is 2.50 bits per heavy atom. The van der Waals surface area contributed by atoms with Crippen molar-refractivity contribution in [2.75, 3.05) is 25.0 Å². The molecule has 1 heterocycles. The van der Waals surface area contributed by atoms with Gasteiger partial charge in [0.15, 0.2) is 0 Å². The van der Waals surface area contributed by atoms with Crippen molar-refractivity contribution >= 4 is 5.69 Å². The van der Waals surface area contributed by atoms with Crippen molar-refractivity contribution in [3.8, 4) is 0 Å². The van der Waals surface area contributed by atoms with Crippen molar-refractivity contribution in [2.45, 2.75) is 31.2 Å². The fourth-order valence-electron chi connectivity index (χ4n) is 4.70. The van der Waals surface area contributed by atoms with Crippen LogP contribution in [-0.4, -0.2) is 19.6 Å². The zero-order chi connectivity index (χ0) is 19.7. The largest absolute Gasteiger partial charge is 0.375 e. The minimum absolute atomic E-state index is 0.0223. The quantitative estimate of drug-likeness (QED) is 0.618. The molecule has 0 aromatic heterocycles. The lowest BCUT2D eigenvalue weighted by molar-refractivity contribution is 0.151. The monoisotopic (exact) mass is 389 g/mol. The number of nitrogens with two attached hydrogens (primary N) is 1. The van der Waals surface area contributed by atoms with Crippen LogP contribution in [0.25, 0.3) is 0 Å². The lowest BCUT2D eigenvalue weighted by atomic mass is 9.64. The maximum absolute atomic E-state index is 14.4. The maximum atomic E-state index is 14.4. The van der Waals surface area contributed by atoms with Gasteiger partial charge in [-0.15, -0.1) is 0 Å². The van der Waals surface area contributed by atoms with E-state index in [1.54, 1.807) is 12.1 Å². The molecule has 0 bridgehead atoms. The van der Waals surface area contributed by atoms with E-state index in [0.29, 0.717) is 29.6 Å². The summed E-state index contributed by atoms with van der Waals surface area (Å²) in [6.45, 7) is 2.55. The number of anilines is 1. The Labute approximate surface area is 163 Å². The number of hydrogen-bond acceptors (Lipinski definition) is 3. The van der Waals surface area contributed by atoms with Crippen molar-refractivity contribution in [3.63, 3.8) is 0 Å². The van der Waals surface area contributed by atoms with Crippen molar-refractivity contribution in [2.24, 2.45) is 17.6 Å². The summed E-state index contributed by atoms with van der Waals surface area (Å²) >= 11 is 0. The van der Waals surface area contributed by atoms with Crippen LogP contribution >= 0.6 is 0 Å². The molecule has 3 nitrogen and oxygen atoms in total. The summed E-state index contributed by atoms with van der Waals surface area (Å²) in [5, 5.41) is 6.67. The Balaban J connectivity index is 1.53. The summed E-state index contributed by atoms with van der Waals surface area (Å²) in [5.74, 6) is -0.539. The Bertz CT molecular complexity index is 819. The lowest BCUT2D eigenvalue weighted by Crippen LogP contribution is -2.37. The Hall–Kier alpha value is -2.05. The molecule has 150 valence electrons. The summed E-state index contributed by atoms with van der Waals surface area (Å²) in [6, 6.07) is 8.48. The van der Waals surface area contributed by atoms with Crippen LogP contribution in [0.5, 0.6) is 0 Å². The number of nitrogens with one attached hydrogen (secondary N) is 2. The van der Waals surface area contributed by atoms with Crippen LogP contribution in [0.1, 0.15) is 42.3 Å². The van der Waals surface area contributed by atoms with Gasteiger partial charge in [0, 0.05) is 12.0 Å². The predicted molar refractivity (Wildman–Crippen MR) is 105 cm³/mol. The van der Waals surface area contributed by atoms with Crippen molar-refractivity contribution in [1.29, 1.82) is 0 Å². The molecule has 1 aliphatic carbocycles. The molecule has 2 aromatic rings. The van der Waals surface area contributed by atoms with Crippen molar-refractivity contribution in [1.82, 2.24) is 5.32 Å². The third-order valence-corrected chi connectivity index (χ3v) is 6.10. The molecule has 28 heavy (non-hydrogen) atoms. The van der Waals surface area contributed by atoms with Crippen LogP contribution in [0.4, 0.5) is 18.9 Å². The lowest BCUT2D eigenvalue weighted by Gasteiger charge is -2.41. The fraction of sp³-hybridized carbons (Fsp3) is 0.455. The van der Waals surface area contributed by atoms with Crippen LogP contribution in [-0.2, 0) is 0 Å². The molecule has 0 amide bonds. The number of hydrogen-bond donors (Lipinski definition) is 3. The van der Waals surface area contributed by atoms with E-state index in [0.717, 1.165) is 44.0 Å². The maximum Gasteiger partial charge on any atom is 0.149 e. The fourth-order valence-corrected chi connectivity index (χ4v) is 4.70. The zero-order valence-corrected chi connectivity index (χ0v) is 15.7. The molecule has 1 aliphatic heterocycles. The first kappa shape index (κ1) is 19.3. The molecule has 4 N–H and O–H groups in total. The molecule has 0 saturated heterocycles. The molecule has 1 fully saturated rings. The van der Waals surface area contributed by atoms with Crippen LogP contribution in [0.15, 0.2) is 36.4 Å². The zero-order valence-electron chi connectivity index (χ0n) is 15.7. The van der Waals surface area contributed by atoms with E-state index in [1.807, 2.05) is 0 Å². The van der Waals surface area contributed by atoms with Crippen LogP contribution in [0, 0.1) is 29.3 Å². The number of fused-ring (bicyclic) bond motifs is 1. The van der Waals surface area contributed by atoms with Crippen molar-refractivity contribution in [3.05, 3.63) is 65.0 Å². The van der Waals surface area contributed by atoms with Gasteiger partial charge in [0.2, 0.25) is 0 Å². The minimum Gasteiger partial charge on any atom is -0.375 e. The smallest absolute Gasteiger partial charge is 0.149 e. The second kappa shape index (κ2) is 8.13. The van der Waals surface area contributed by atoms with Gasteiger partial charge in [0.25, 0.3) is 0 Å². The summed E-state index contributed by atoms with van der Waals surface area (Å²) in [6.07, 6.45) is 2.98. The second-order valence-electron chi connectivity index (χ2n) is 8.00. The van der Waals surface area contributed by atoms with Gasteiger partial charge in [-0.05, 0) is 80.1 Å². The molecule has 2 atom stereocenters. The van der Waals surface area contributed by atoms with Crippen LogP contribution in [0.3, 0.4) is 0 Å². The van der Waals surface area contributed by atoms with Gasteiger partial charge in [0.1, 0.15) is 17.5 Å². The molecule has 2 aliphatic rings. The van der Waals surface area contributed by atoms with Crippen LogP contribution < -0.4 is 16.4 Å². The molecule has 6 heteroatoms. The van der Waals surface area contributed by atoms with E-state index >= 15 is 0 Å². The van der Waals surface area contributed by atoms with Gasteiger partial charge in [-0.3, -0.25) is 0 Å². The van der Waals surface area contributed by atoms with Gasteiger partial charge in [-0.1, -0.05) is 12.1 Å². The van der Waals surface area contributed by atoms with Crippen LogP contribution in [0.2, 0.25) is 0 Å². The van der Waals surface area contributed by atoms with E-state index in [-0.39, 0.29) is 17.8 Å². The standard InChI is InChI=1S/C22H26F3N3/c23-16-4-2-14(3-5-16)21-20(15-8-13(9-15)12-27-7-1-6-26)18-10-17(24)11-19(25)22(18)28-21/h2-5,10-11,13,15,20-21,27-28H,1,6-9,12,26H2. The predicted octanol–water partition coefficient (Wildman–Crippen LogP) is 4.32. The SMILES string of the molecule is NCCCNCC1CC(C2c3cc(F)cc(F)c3NC2c2ccc(F)cc2)C1. The highest BCUT2D eigenvalue weighted by molar-refractivity contribution is 5.62. The summed E-state index contributed by atoms with van der Waals surface area (Å²) in [5.41, 5.74) is 7.49. The number of halogens is 3. The molecule has 1 saturated carbocycles. The average molecular weight is 389 g/mol. The first-order chi connectivity index (χ1) is 13.6. The van der Waals surface area contributed by atoms with Gasteiger partial charge in [-0.25, -0.2) is 13.2 Å². The van der Waals surface area contributed by atoms with E-state index in [1.165, 1.54) is 18.2 Å². The second-order valence-corrected chi connectivity index (χ2v) is 8.00. The van der Waals surface area contributed by atoms with Gasteiger partial charge >= 0.3 is 0 Å².